The lowest BCUT2D eigenvalue weighted by molar-refractivity contribution is 0.956. The minimum absolute atomic E-state index is 0.654. The van der Waals surface area contributed by atoms with Crippen molar-refractivity contribution in [2.45, 2.75) is 13.6 Å². The van der Waals surface area contributed by atoms with Crippen LogP contribution in [0.15, 0.2) is 42.4 Å². The van der Waals surface area contributed by atoms with E-state index in [4.69, 9.17) is 5.73 Å². The standard InChI is InChI=1S/C12H9BrN4S3/c1-18-11-16-17-12(20-11)19-10-7-4-6(13)2-3-9(7)15-5-8(10)14/h2-5H,14H2,1H3. The Morgan fingerprint density at radius 3 is 2.80 bits per heavy atom. The normalized spacial score (nSPS) is 11.1. The highest BCUT2D eigenvalue weighted by molar-refractivity contribution is 9.10. The van der Waals surface area contributed by atoms with E-state index in [2.05, 4.69) is 31.1 Å². The molecule has 0 radical (unpaired) electrons. The molecule has 0 aliphatic heterocycles. The smallest absolute Gasteiger partial charge is 0.179 e. The molecule has 8 heteroatoms. The third kappa shape index (κ3) is 2.78. The van der Waals surface area contributed by atoms with Crippen molar-refractivity contribution in [3.8, 4) is 0 Å². The number of thioether (sulfide) groups is 1. The van der Waals surface area contributed by atoms with Gasteiger partial charge in [0.1, 0.15) is 0 Å². The molecule has 0 aliphatic carbocycles. The lowest BCUT2D eigenvalue weighted by Crippen LogP contribution is -1.92. The molecule has 0 saturated heterocycles. The minimum Gasteiger partial charge on any atom is -0.397 e. The Bertz CT molecular complexity index is 769. The van der Waals surface area contributed by atoms with Crippen molar-refractivity contribution in [1.29, 1.82) is 0 Å². The second kappa shape index (κ2) is 5.88. The van der Waals surface area contributed by atoms with Gasteiger partial charge in [-0.1, -0.05) is 50.8 Å². The van der Waals surface area contributed by atoms with E-state index in [0.29, 0.717) is 5.69 Å². The molecule has 20 heavy (non-hydrogen) atoms. The molecule has 2 aromatic heterocycles. The Labute approximate surface area is 136 Å². The summed E-state index contributed by atoms with van der Waals surface area (Å²) in [6.45, 7) is 0. The summed E-state index contributed by atoms with van der Waals surface area (Å²) in [6.07, 6.45) is 3.68. The molecule has 0 unspecified atom stereocenters. The van der Waals surface area contributed by atoms with Crippen molar-refractivity contribution >= 4 is 67.4 Å². The van der Waals surface area contributed by atoms with Crippen molar-refractivity contribution < 1.29 is 0 Å². The number of rotatable bonds is 3. The van der Waals surface area contributed by atoms with Crippen LogP contribution in [0.3, 0.4) is 0 Å². The highest BCUT2D eigenvalue weighted by atomic mass is 79.9. The van der Waals surface area contributed by atoms with E-state index < -0.39 is 0 Å². The SMILES string of the molecule is CSc1nnc(Sc2c(N)cnc3ccc(Br)cc23)s1. The molecule has 4 nitrogen and oxygen atoms in total. The van der Waals surface area contributed by atoms with Gasteiger partial charge >= 0.3 is 0 Å². The van der Waals surface area contributed by atoms with Crippen LogP contribution in [0.25, 0.3) is 10.9 Å². The highest BCUT2D eigenvalue weighted by Crippen LogP contribution is 2.39. The van der Waals surface area contributed by atoms with Crippen molar-refractivity contribution in [2.75, 3.05) is 12.0 Å². The number of nitrogens with two attached hydrogens (primary N) is 1. The maximum Gasteiger partial charge on any atom is 0.179 e. The molecule has 0 bridgehead atoms. The van der Waals surface area contributed by atoms with Crippen LogP contribution in [0.2, 0.25) is 0 Å². The lowest BCUT2D eigenvalue weighted by atomic mass is 10.2. The van der Waals surface area contributed by atoms with E-state index in [9.17, 15) is 0 Å². The number of nitrogen functional groups attached to an aromatic ring is 1. The largest absolute Gasteiger partial charge is 0.397 e. The molecule has 0 amide bonds. The van der Waals surface area contributed by atoms with Gasteiger partial charge in [-0.3, -0.25) is 4.98 Å². The van der Waals surface area contributed by atoms with Crippen LogP contribution in [0, 0.1) is 0 Å². The van der Waals surface area contributed by atoms with Crippen LogP contribution >= 0.6 is 50.8 Å². The number of pyridine rings is 1. The zero-order valence-electron chi connectivity index (χ0n) is 10.3. The Morgan fingerprint density at radius 2 is 2.05 bits per heavy atom. The average molecular weight is 385 g/mol. The average Bonchev–Trinajstić information content (AvgIpc) is 2.90. The summed E-state index contributed by atoms with van der Waals surface area (Å²) < 4.78 is 2.83. The quantitative estimate of drug-likeness (QED) is 0.678. The molecule has 3 aromatic rings. The molecule has 1 aromatic carbocycles. The number of benzene rings is 1. The maximum atomic E-state index is 6.08. The Morgan fingerprint density at radius 1 is 1.25 bits per heavy atom. The summed E-state index contributed by atoms with van der Waals surface area (Å²) >= 11 is 8.18. The number of hydrogen-bond donors (Lipinski definition) is 1. The number of nitrogens with zero attached hydrogens (tertiary/aromatic N) is 3. The number of aromatic nitrogens is 3. The number of fused-ring (bicyclic) bond motifs is 1. The minimum atomic E-state index is 0.654. The second-order valence-electron chi connectivity index (χ2n) is 3.84. The molecule has 0 atom stereocenters. The van der Waals surface area contributed by atoms with Crippen LogP contribution in [-0.4, -0.2) is 21.4 Å². The number of anilines is 1. The van der Waals surface area contributed by atoms with Crippen LogP contribution in [0.4, 0.5) is 5.69 Å². The van der Waals surface area contributed by atoms with E-state index in [1.807, 2.05) is 24.5 Å². The summed E-state index contributed by atoms with van der Waals surface area (Å²) in [4.78, 5) is 5.32. The van der Waals surface area contributed by atoms with E-state index in [1.54, 1.807) is 29.3 Å². The van der Waals surface area contributed by atoms with Gasteiger partial charge in [-0.25, -0.2) is 0 Å². The van der Waals surface area contributed by atoms with Crippen LogP contribution in [0.5, 0.6) is 0 Å². The first kappa shape index (κ1) is 14.1. The first-order chi connectivity index (χ1) is 9.67. The van der Waals surface area contributed by atoms with Gasteiger partial charge in [0.05, 0.1) is 17.4 Å². The summed E-state index contributed by atoms with van der Waals surface area (Å²) in [5.41, 5.74) is 7.65. The van der Waals surface area contributed by atoms with Crippen LogP contribution in [-0.2, 0) is 0 Å². The molecule has 2 heterocycles. The Balaban J connectivity index is 2.09. The predicted octanol–water partition coefficient (Wildman–Crippen LogP) is 4.30. The van der Waals surface area contributed by atoms with E-state index in [0.717, 1.165) is 29.0 Å². The van der Waals surface area contributed by atoms with Crippen LogP contribution in [0.1, 0.15) is 0 Å². The fraction of sp³-hybridized carbons (Fsp3) is 0.0833. The van der Waals surface area contributed by atoms with E-state index in [-0.39, 0.29) is 0 Å². The topological polar surface area (TPSA) is 64.7 Å². The zero-order chi connectivity index (χ0) is 14.1. The second-order valence-corrected chi connectivity index (χ2v) is 8.05. The number of halogens is 1. The fourth-order valence-corrected chi connectivity index (χ4v) is 4.56. The molecule has 0 saturated carbocycles. The summed E-state index contributed by atoms with van der Waals surface area (Å²) in [5, 5.41) is 9.30. The monoisotopic (exact) mass is 384 g/mol. The van der Waals surface area contributed by atoms with Gasteiger partial charge < -0.3 is 5.73 Å². The van der Waals surface area contributed by atoms with Gasteiger partial charge in [0.2, 0.25) is 0 Å². The van der Waals surface area contributed by atoms with Gasteiger partial charge in [-0.2, -0.15) is 0 Å². The maximum absolute atomic E-state index is 6.08. The molecule has 0 fully saturated rings. The highest BCUT2D eigenvalue weighted by Gasteiger charge is 2.12. The third-order valence-electron chi connectivity index (χ3n) is 2.56. The van der Waals surface area contributed by atoms with Gasteiger partial charge in [-0.05, 0) is 24.5 Å². The Kier molecular flexibility index (Phi) is 4.16. The van der Waals surface area contributed by atoms with Crippen molar-refractivity contribution in [3.63, 3.8) is 0 Å². The molecule has 0 aliphatic rings. The third-order valence-corrected chi connectivity index (χ3v) is 6.16. The van der Waals surface area contributed by atoms with Crippen molar-refractivity contribution in [2.24, 2.45) is 0 Å². The number of hydrogen-bond acceptors (Lipinski definition) is 7. The summed E-state index contributed by atoms with van der Waals surface area (Å²) in [6, 6.07) is 5.96. The molecule has 3 rings (SSSR count). The first-order valence-corrected chi connectivity index (χ1v) is 9.21. The predicted molar refractivity (Wildman–Crippen MR) is 89.7 cm³/mol. The van der Waals surface area contributed by atoms with Gasteiger partial charge in [-0.15, -0.1) is 10.2 Å². The first-order valence-electron chi connectivity index (χ1n) is 5.56. The molecular formula is C12H9BrN4S3. The summed E-state index contributed by atoms with van der Waals surface area (Å²) in [7, 11) is 0. The van der Waals surface area contributed by atoms with Gasteiger partial charge in [0.15, 0.2) is 8.68 Å². The zero-order valence-corrected chi connectivity index (χ0v) is 14.4. The lowest BCUT2D eigenvalue weighted by Gasteiger charge is -2.07. The molecule has 0 spiro atoms. The van der Waals surface area contributed by atoms with Gasteiger partial charge in [0.25, 0.3) is 0 Å². The van der Waals surface area contributed by atoms with Crippen molar-refractivity contribution in [1.82, 2.24) is 15.2 Å². The van der Waals surface area contributed by atoms with Crippen LogP contribution < -0.4 is 5.73 Å². The summed E-state index contributed by atoms with van der Waals surface area (Å²) in [5.74, 6) is 0. The van der Waals surface area contributed by atoms with Gasteiger partial charge in [0, 0.05) is 14.8 Å². The molecule has 102 valence electrons. The molecular weight excluding hydrogens is 376 g/mol. The van der Waals surface area contributed by atoms with Crippen molar-refractivity contribution in [3.05, 3.63) is 28.9 Å². The van der Waals surface area contributed by atoms with E-state index in [1.165, 1.54) is 11.8 Å². The Hall–Kier alpha value is -0.830. The van der Waals surface area contributed by atoms with E-state index >= 15 is 0 Å². The fourth-order valence-electron chi connectivity index (χ4n) is 1.68. The molecule has 2 N–H and O–H groups in total.